The van der Waals surface area contributed by atoms with E-state index in [1.807, 2.05) is 6.07 Å². The van der Waals surface area contributed by atoms with E-state index in [-0.39, 0.29) is 23.5 Å². The zero-order valence-corrected chi connectivity index (χ0v) is 11.7. The Morgan fingerprint density at radius 1 is 1.32 bits per heavy atom. The summed E-state index contributed by atoms with van der Waals surface area (Å²) in [6.07, 6.45) is 3.01. The van der Waals surface area contributed by atoms with Gasteiger partial charge in [0.2, 0.25) is 10.0 Å². The topological polar surface area (TPSA) is 61.2 Å². The Labute approximate surface area is 114 Å². The molecule has 0 N–H and O–H groups in total. The van der Waals surface area contributed by atoms with Gasteiger partial charge in [0.05, 0.1) is 5.56 Å². The molecule has 0 bridgehead atoms. The number of hydrogen-bond acceptors (Lipinski definition) is 3. The monoisotopic (exact) mass is 276 g/mol. The summed E-state index contributed by atoms with van der Waals surface area (Å²) >= 11 is 0. The molecule has 0 saturated carbocycles. The van der Waals surface area contributed by atoms with Crippen molar-refractivity contribution in [2.45, 2.75) is 11.8 Å². The fourth-order valence-electron chi connectivity index (χ4n) is 1.70. The van der Waals surface area contributed by atoms with Crippen molar-refractivity contribution < 1.29 is 8.42 Å². The highest BCUT2D eigenvalue weighted by Crippen LogP contribution is 2.22. The molecule has 0 aliphatic carbocycles. The third-order valence-electron chi connectivity index (χ3n) is 2.63. The first-order valence-corrected chi connectivity index (χ1v) is 7.14. The van der Waals surface area contributed by atoms with E-state index in [9.17, 15) is 8.42 Å². The average Bonchev–Trinajstić information content (AvgIpc) is 2.38. The Morgan fingerprint density at radius 3 is 2.37 bits per heavy atom. The van der Waals surface area contributed by atoms with Crippen LogP contribution in [0.4, 0.5) is 0 Å². The lowest BCUT2D eigenvalue weighted by atomic mass is 10.1. The van der Waals surface area contributed by atoms with Crippen LogP contribution in [0.1, 0.15) is 11.1 Å². The normalized spacial score (nSPS) is 11.0. The van der Waals surface area contributed by atoms with E-state index in [0.29, 0.717) is 5.56 Å². The molecular weight excluding hydrogens is 260 g/mol. The number of rotatable bonds is 6. The summed E-state index contributed by atoms with van der Waals surface area (Å²) in [6.45, 7) is 9.15. The Balaban J connectivity index is 3.41. The lowest BCUT2D eigenvalue weighted by Crippen LogP contribution is -2.32. The summed E-state index contributed by atoms with van der Waals surface area (Å²) in [5.41, 5.74) is 0.821. The van der Waals surface area contributed by atoms with Crippen LogP contribution in [0.2, 0.25) is 0 Å². The molecule has 0 atom stereocenters. The molecule has 1 rings (SSSR count). The molecule has 0 saturated heterocycles. The van der Waals surface area contributed by atoms with Crippen molar-refractivity contribution in [1.29, 1.82) is 5.26 Å². The van der Waals surface area contributed by atoms with Crippen LogP contribution >= 0.6 is 0 Å². The first-order valence-electron chi connectivity index (χ1n) is 5.70. The third kappa shape index (κ3) is 3.11. The van der Waals surface area contributed by atoms with E-state index in [4.69, 9.17) is 5.26 Å². The SMILES string of the molecule is C=CCN(CC=C)S(=O)(=O)c1cccc(C)c1C#N. The number of nitrogens with zero attached hydrogens (tertiary/aromatic N) is 2. The maximum atomic E-state index is 12.5. The zero-order valence-electron chi connectivity index (χ0n) is 10.8. The van der Waals surface area contributed by atoms with Gasteiger partial charge in [-0.2, -0.15) is 9.57 Å². The Bertz CT molecular complexity index is 617. The van der Waals surface area contributed by atoms with Crippen LogP contribution in [0.5, 0.6) is 0 Å². The van der Waals surface area contributed by atoms with Gasteiger partial charge < -0.3 is 0 Å². The van der Waals surface area contributed by atoms with E-state index in [2.05, 4.69) is 13.2 Å². The summed E-state index contributed by atoms with van der Waals surface area (Å²) < 4.78 is 26.3. The lowest BCUT2D eigenvalue weighted by Gasteiger charge is -2.20. The fraction of sp³-hybridized carbons (Fsp3) is 0.214. The first-order chi connectivity index (χ1) is 8.98. The molecule has 1 aromatic carbocycles. The largest absolute Gasteiger partial charge is 0.244 e. The zero-order chi connectivity index (χ0) is 14.5. The summed E-state index contributed by atoms with van der Waals surface area (Å²) in [4.78, 5) is 0.0266. The van der Waals surface area contributed by atoms with Crippen LogP contribution in [-0.2, 0) is 10.0 Å². The van der Waals surface area contributed by atoms with Crippen molar-refractivity contribution in [1.82, 2.24) is 4.31 Å². The van der Waals surface area contributed by atoms with Gasteiger partial charge in [0, 0.05) is 13.1 Å². The second-order valence-electron chi connectivity index (χ2n) is 3.96. The number of benzene rings is 1. The minimum atomic E-state index is -3.72. The minimum Gasteiger partial charge on any atom is -0.207 e. The Hall–Kier alpha value is -1.90. The first kappa shape index (κ1) is 15.2. The Kier molecular flexibility index (Phi) is 5.04. The van der Waals surface area contributed by atoms with E-state index in [0.717, 1.165) is 0 Å². The van der Waals surface area contributed by atoms with Crippen LogP contribution in [0.3, 0.4) is 0 Å². The maximum Gasteiger partial charge on any atom is 0.244 e. The second kappa shape index (κ2) is 6.32. The van der Waals surface area contributed by atoms with Crippen molar-refractivity contribution in [2.75, 3.05) is 13.1 Å². The van der Waals surface area contributed by atoms with Gasteiger partial charge in [-0.15, -0.1) is 13.2 Å². The van der Waals surface area contributed by atoms with Gasteiger partial charge in [-0.25, -0.2) is 8.42 Å². The van der Waals surface area contributed by atoms with Crippen LogP contribution < -0.4 is 0 Å². The molecule has 0 heterocycles. The van der Waals surface area contributed by atoms with Gasteiger partial charge in [-0.05, 0) is 18.6 Å². The molecule has 0 fully saturated rings. The molecule has 0 radical (unpaired) electrons. The number of nitriles is 1. The van der Waals surface area contributed by atoms with Crippen LogP contribution in [0, 0.1) is 18.3 Å². The van der Waals surface area contributed by atoms with Gasteiger partial charge >= 0.3 is 0 Å². The van der Waals surface area contributed by atoms with Gasteiger partial charge in [0.15, 0.2) is 0 Å². The van der Waals surface area contributed by atoms with Gasteiger partial charge in [0.1, 0.15) is 11.0 Å². The van der Waals surface area contributed by atoms with Crippen LogP contribution in [0.25, 0.3) is 0 Å². The standard InChI is InChI=1S/C14H16N2O2S/c1-4-9-16(10-5-2)19(17,18)14-8-6-7-12(3)13(14)11-15/h4-8H,1-2,9-10H2,3H3. The predicted octanol–water partition coefficient (Wildman–Crippen LogP) is 2.23. The van der Waals surface area contributed by atoms with E-state index in [1.54, 1.807) is 19.1 Å². The molecule has 5 heteroatoms. The summed E-state index contributed by atoms with van der Waals surface area (Å²) in [5, 5.41) is 9.13. The molecule has 1 aromatic rings. The third-order valence-corrected chi connectivity index (χ3v) is 4.50. The predicted molar refractivity (Wildman–Crippen MR) is 75.0 cm³/mol. The number of aryl methyl sites for hydroxylation is 1. The van der Waals surface area contributed by atoms with Crippen LogP contribution in [-0.4, -0.2) is 25.8 Å². The van der Waals surface area contributed by atoms with Crippen molar-refractivity contribution >= 4 is 10.0 Å². The van der Waals surface area contributed by atoms with Crippen molar-refractivity contribution in [3.8, 4) is 6.07 Å². The molecule has 19 heavy (non-hydrogen) atoms. The molecule has 0 unspecified atom stereocenters. The van der Waals surface area contributed by atoms with Crippen molar-refractivity contribution in [2.24, 2.45) is 0 Å². The van der Waals surface area contributed by atoms with E-state index in [1.165, 1.54) is 22.5 Å². The summed E-state index contributed by atoms with van der Waals surface area (Å²) in [6, 6.07) is 6.74. The van der Waals surface area contributed by atoms with Crippen molar-refractivity contribution in [3.05, 3.63) is 54.6 Å². The highest BCUT2D eigenvalue weighted by Gasteiger charge is 2.25. The quantitative estimate of drug-likeness (QED) is 0.748. The van der Waals surface area contributed by atoms with E-state index >= 15 is 0 Å². The van der Waals surface area contributed by atoms with Gasteiger partial charge in [-0.1, -0.05) is 24.3 Å². The van der Waals surface area contributed by atoms with Crippen molar-refractivity contribution in [3.63, 3.8) is 0 Å². The molecule has 0 aliphatic rings. The molecule has 4 nitrogen and oxygen atoms in total. The van der Waals surface area contributed by atoms with E-state index < -0.39 is 10.0 Å². The molecule has 100 valence electrons. The molecule has 0 aromatic heterocycles. The van der Waals surface area contributed by atoms with Crippen LogP contribution in [0.15, 0.2) is 48.4 Å². The molecule has 0 amide bonds. The Morgan fingerprint density at radius 2 is 1.89 bits per heavy atom. The molecule has 0 aliphatic heterocycles. The maximum absolute atomic E-state index is 12.5. The summed E-state index contributed by atoms with van der Waals surface area (Å²) in [7, 11) is -3.72. The smallest absolute Gasteiger partial charge is 0.207 e. The minimum absolute atomic E-state index is 0.0266. The lowest BCUT2D eigenvalue weighted by molar-refractivity contribution is 0.474. The highest BCUT2D eigenvalue weighted by molar-refractivity contribution is 7.89. The van der Waals surface area contributed by atoms with Gasteiger partial charge in [-0.3, -0.25) is 0 Å². The fourth-order valence-corrected chi connectivity index (χ4v) is 3.29. The highest BCUT2D eigenvalue weighted by atomic mass is 32.2. The summed E-state index contributed by atoms with van der Waals surface area (Å²) in [5.74, 6) is 0. The average molecular weight is 276 g/mol. The van der Waals surface area contributed by atoms with Gasteiger partial charge in [0.25, 0.3) is 0 Å². The number of sulfonamides is 1. The number of hydrogen-bond donors (Lipinski definition) is 0. The molecular formula is C14H16N2O2S. The molecule has 0 spiro atoms. The second-order valence-corrected chi connectivity index (χ2v) is 5.87.